The summed E-state index contributed by atoms with van der Waals surface area (Å²) < 4.78 is 11.9. The first-order valence-corrected chi connectivity index (χ1v) is 7.79. The molecule has 1 aromatic rings. The fourth-order valence-electron chi connectivity index (χ4n) is 3.33. The van der Waals surface area contributed by atoms with E-state index in [-0.39, 0.29) is 17.3 Å². The van der Waals surface area contributed by atoms with Crippen molar-refractivity contribution in [2.75, 3.05) is 6.61 Å². The Bertz CT molecular complexity index is 537. The lowest BCUT2D eigenvalue weighted by Gasteiger charge is -2.23. The van der Waals surface area contributed by atoms with E-state index in [9.17, 15) is 4.79 Å². The first-order chi connectivity index (χ1) is 10.1. The van der Waals surface area contributed by atoms with Gasteiger partial charge in [-0.05, 0) is 43.9 Å². The lowest BCUT2D eigenvalue weighted by atomic mass is 9.98. The van der Waals surface area contributed by atoms with Crippen molar-refractivity contribution < 1.29 is 19.4 Å². The maximum absolute atomic E-state index is 10.9. The van der Waals surface area contributed by atoms with Crippen LogP contribution in [-0.2, 0) is 4.74 Å². The molecular weight excluding hydrogens is 292 g/mol. The number of halogens is 1. The molecular formula is C16H19ClO4. The summed E-state index contributed by atoms with van der Waals surface area (Å²) in [4.78, 5) is 10.9. The summed E-state index contributed by atoms with van der Waals surface area (Å²) in [6, 6.07) is 4.51. The van der Waals surface area contributed by atoms with Crippen LogP contribution in [-0.4, -0.2) is 29.4 Å². The Hall–Kier alpha value is -1.26. The van der Waals surface area contributed by atoms with E-state index < -0.39 is 5.97 Å². The van der Waals surface area contributed by atoms with E-state index in [1.54, 1.807) is 6.07 Å². The zero-order valence-corrected chi connectivity index (χ0v) is 12.6. The highest BCUT2D eigenvalue weighted by Crippen LogP contribution is 2.43. The number of rotatable bonds is 4. The fraction of sp³-hybridized carbons (Fsp3) is 0.562. The van der Waals surface area contributed by atoms with Gasteiger partial charge in [-0.25, -0.2) is 4.79 Å². The van der Waals surface area contributed by atoms with Crippen LogP contribution in [0.4, 0.5) is 0 Å². The molecule has 0 bridgehead atoms. The van der Waals surface area contributed by atoms with Crippen LogP contribution >= 0.6 is 11.6 Å². The number of carbonyl (C=O) groups is 1. The normalized spacial score (nSPS) is 23.6. The van der Waals surface area contributed by atoms with Crippen LogP contribution in [0.15, 0.2) is 18.2 Å². The van der Waals surface area contributed by atoms with E-state index in [2.05, 4.69) is 0 Å². The van der Waals surface area contributed by atoms with Gasteiger partial charge in [0, 0.05) is 0 Å². The molecule has 2 fully saturated rings. The highest BCUT2D eigenvalue weighted by molar-refractivity contribution is 6.32. The SMILES string of the molecule is O=C(O)c1ccc(OCC2CCC3(CCCC3)O2)c(Cl)c1. The maximum atomic E-state index is 10.9. The van der Waals surface area contributed by atoms with Gasteiger partial charge in [0.2, 0.25) is 0 Å². The topological polar surface area (TPSA) is 55.8 Å². The van der Waals surface area contributed by atoms with Crippen molar-refractivity contribution in [3.63, 3.8) is 0 Å². The van der Waals surface area contributed by atoms with Gasteiger partial charge in [0.15, 0.2) is 0 Å². The number of carboxylic acids is 1. The number of benzene rings is 1. The molecule has 114 valence electrons. The molecule has 1 unspecified atom stereocenters. The first kappa shape index (κ1) is 14.7. The molecule has 0 aromatic heterocycles. The Morgan fingerprint density at radius 3 is 2.81 bits per heavy atom. The zero-order valence-electron chi connectivity index (χ0n) is 11.8. The Morgan fingerprint density at radius 1 is 1.38 bits per heavy atom. The van der Waals surface area contributed by atoms with Crippen molar-refractivity contribution in [1.82, 2.24) is 0 Å². The van der Waals surface area contributed by atoms with Gasteiger partial charge in [-0.15, -0.1) is 0 Å². The number of hydrogen-bond acceptors (Lipinski definition) is 3. The van der Waals surface area contributed by atoms with Crippen LogP contribution in [0.1, 0.15) is 48.9 Å². The number of ether oxygens (including phenoxy) is 2. The van der Waals surface area contributed by atoms with Crippen molar-refractivity contribution in [1.29, 1.82) is 0 Å². The second-order valence-corrected chi connectivity index (χ2v) is 6.34. The third kappa shape index (κ3) is 3.16. The summed E-state index contributed by atoms with van der Waals surface area (Å²) in [6.45, 7) is 0.466. The molecule has 2 aliphatic rings. The standard InChI is InChI=1S/C16H19ClO4/c17-13-9-11(15(18)19)3-4-14(13)20-10-12-5-8-16(21-12)6-1-2-7-16/h3-4,9,12H,1-2,5-8,10H2,(H,18,19). The Kier molecular flexibility index (Phi) is 4.09. The van der Waals surface area contributed by atoms with Gasteiger partial charge in [0.05, 0.1) is 22.3 Å². The zero-order chi connectivity index (χ0) is 14.9. The third-order valence-corrected chi connectivity index (χ3v) is 4.75. The van der Waals surface area contributed by atoms with E-state index in [4.69, 9.17) is 26.2 Å². The van der Waals surface area contributed by atoms with Gasteiger partial charge >= 0.3 is 5.97 Å². The molecule has 5 heteroatoms. The number of carboxylic acid groups (broad SMARTS) is 1. The Labute approximate surface area is 129 Å². The smallest absolute Gasteiger partial charge is 0.335 e. The molecule has 1 aliphatic carbocycles. The van der Waals surface area contributed by atoms with Crippen molar-refractivity contribution >= 4 is 17.6 Å². The van der Waals surface area contributed by atoms with E-state index in [0.29, 0.717) is 17.4 Å². The van der Waals surface area contributed by atoms with Crippen molar-refractivity contribution in [2.24, 2.45) is 0 Å². The van der Waals surface area contributed by atoms with Crippen molar-refractivity contribution in [3.05, 3.63) is 28.8 Å². The molecule has 1 spiro atoms. The molecule has 1 N–H and O–H groups in total. The fourth-order valence-corrected chi connectivity index (χ4v) is 3.57. The molecule has 1 saturated heterocycles. The van der Waals surface area contributed by atoms with Crippen molar-refractivity contribution in [2.45, 2.75) is 50.2 Å². The lowest BCUT2D eigenvalue weighted by molar-refractivity contribution is -0.0508. The van der Waals surface area contributed by atoms with Gasteiger partial charge in [-0.1, -0.05) is 24.4 Å². The second kappa shape index (κ2) is 5.85. The minimum atomic E-state index is -0.995. The minimum Gasteiger partial charge on any atom is -0.489 e. The highest BCUT2D eigenvalue weighted by Gasteiger charge is 2.42. The monoisotopic (exact) mass is 310 g/mol. The average molecular weight is 311 g/mol. The van der Waals surface area contributed by atoms with E-state index in [0.717, 1.165) is 25.7 Å². The van der Waals surface area contributed by atoms with E-state index in [1.807, 2.05) is 0 Å². The minimum absolute atomic E-state index is 0.102. The summed E-state index contributed by atoms with van der Waals surface area (Å²) >= 11 is 6.05. The Morgan fingerprint density at radius 2 is 2.14 bits per heavy atom. The summed E-state index contributed by atoms with van der Waals surface area (Å²) in [5.74, 6) is -0.483. The molecule has 4 nitrogen and oxygen atoms in total. The molecule has 0 amide bonds. The van der Waals surface area contributed by atoms with Gasteiger partial charge in [-0.2, -0.15) is 0 Å². The summed E-state index contributed by atoms with van der Waals surface area (Å²) in [5, 5.41) is 9.22. The van der Waals surface area contributed by atoms with Gasteiger partial charge in [0.1, 0.15) is 12.4 Å². The van der Waals surface area contributed by atoms with Gasteiger partial charge in [-0.3, -0.25) is 0 Å². The summed E-state index contributed by atoms with van der Waals surface area (Å²) in [7, 11) is 0. The molecule has 1 aliphatic heterocycles. The Balaban J connectivity index is 1.57. The number of aromatic carboxylic acids is 1. The van der Waals surface area contributed by atoms with Crippen LogP contribution in [0.3, 0.4) is 0 Å². The van der Waals surface area contributed by atoms with Crippen LogP contribution in [0.5, 0.6) is 5.75 Å². The molecule has 1 heterocycles. The first-order valence-electron chi connectivity index (χ1n) is 7.41. The second-order valence-electron chi connectivity index (χ2n) is 5.93. The molecule has 0 radical (unpaired) electrons. The maximum Gasteiger partial charge on any atom is 0.335 e. The molecule has 21 heavy (non-hydrogen) atoms. The third-order valence-electron chi connectivity index (χ3n) is 4.46. The molecule has 1 atom stereocenters. The largest absolute Gasteiger partial charge is 0.489 e. The summed E-state index contributed by atoms with van der Waals surface area (Å²) in [6.07, 6.45) is 7.09. The number of hydrogen-bond donors (Lipinski definition) is 1. The molecule has 1 saturated carbocycles. The van der Waals surface area contributed by atoms with Gasteiger partial charge in [0.25, 0.3) is 0 Å². The van der Waals surface area contributed by atoms with Crippen LogP contribution in [0, 0.1) is 0 Å². The quantitative estimate of drug-likeness (QED) is 0.916. The van der Waals surface area contributed by atoms with Crippen LogP contribution < -0.4 is 4.74 Å². The lowest BCUT2D eigenvalue weighted by Crippen LogP contribution is -2.27. The van der Waals surface area contributed by atoms with E-state index >= 15 is 0 Å². The predicted octanol–water partition coefficient (Wildman–Crippen LogP) is 3.91. The van der Waals surface area contributed by atoms with Crippen LogP contribution in [0.25, 0.3) is 0 Å². The van der Waals surface area contributed by atoms with Gasteiger partial charge < -0.3 is 14.6 Å². The predicted molar refractivity (Wildman–Crippen MR) is 79.2 cm³/mol. The average Bonchev–Trinajstić information content (AvgIpc) is 3.08. The molecule has 3 rings (SSSR count). The van der Waals surface area contributed by atoms with Crippen LogP contribution in [0.2, 0.25) is 5.02 Å². The van der Waals surface area contributed by atoms with Crippen molar-refractivity contribution in [3.8, 4) is 5.75 Å². The van der Waals surface area contributed by atoms with E-state index in [1.165, 1.54) is 25.0 Å². The summed E-state index contributed by atoms with van der Waals surface area (Å²) in [5.41, 5.74) is 0.264. The highest BCUT2D eigenvalue weighted by atomic mass is 35.5. The molecule has 1 aromatic carbocycles.